The summed E-state index contributed by atoms with van der Waals surface area (Å²) in [5.41, 5.74) is 0.615. The van der Waals surface area contributed by atoms with Crippen LogP contribution in [0.2, 0.25) is 5.02 Å². The fourth-order valence-corrected chi connectivity index (χ4v) is 4.26. The molecule has 2 aromatic carbocycles. The number of hydrogen-bond acceptors (Lipinski definition) is 4. The molecule has 3 aromatic rings. The van der Waals surface area contributed by atoms with Crippen LogP contribution in [-0.2, 0) is 11.3 Å². The van der Waals surface area contributed by atoms with E-state index in [1.54, 1.807) is 42.6 Å². The van der Waals surface area contributed by atoms with Crippen LogP contribution in [0.15, 0.2) is 71.7 Å². The highest BCUT2D eigenvalue weighted by Crippen LogP contribution is 2.32. The summed E-state index contributed by atoms with van der Waals surface area (Å²) in [6.07, 6.45) is -3.24. The number of alkyl halides is 3. The Labute approximate surface area is 209 Å². The molecule has 2 heterocycles. The number of aryl methyl sites for hydroxylation is 1. The second-order valence-electron chi connectivity index (χ2n) is 8.11. The topological polar surface area (TPSA) is 80.6 Å². The number of nitrogens with one attached hydrogen (secondary N) is 1. The molecule has 0 saturated carbocycles. The molecule has 1 fully saturated rings. The average Bonchev–Trinajstić information content (AvgIpc) is 3.15. The van der Waals surface area contributed by atoms with Crippen molar-refractivity contribution < 1.29 is 27.5 Å². The van der Waals surface area contributed by atoms with E-state index in [4.69, 9.17) is 11.6 Å². The monoisotopic (exact) mass is 519 g/mol. The number of carbonyl (C=O) groups is 2. The van der Waals surface area contributed by atoms with Gasteiger partial charge in [0.25, 0.3) is 11.5 Å². The zero-order valence-electron chi connectivity index (χ0n) is 19.0. The van der Waals surface area contributed by atoms with Crippen LogP contribution >= 0.6 is 11.6 Å². The largest absolute Gasteiger partial charge is 0.573 e. The van der Waals surface area contributed by atoms with E-state index in [1.165, 1.54) is 21.6 Å². The van der Waals surface area contributed by atoms with Crippen LogP contribution < -0.4 is 20.5 Å². The second-order valence-corrected chi connectivity index (χ2v) is 8.55. The van der Waals surface area contributed by atoms with Gasteiger partial charge in [-0.3, -0.25) is 14.4 Å². The van der Waals surface area contributed by atoms with Crippen molar-refractivity contribution in [2.45, 2.75) is 31.8 Å². The second kappa shape index (κ2) is 10.1. The van der Waals surface area contributed by atoms with Gasteiger partial charge in [-0.2, -0.15) is 0 Å². The molecule has 0 bridgehead atoms. The summed E-state index contributed by atoms with van der Waals surface area (Å²) in [7, 11) is 0. The van der Waals surface area contributed by atoms with Gasteiger partial charge in [0, 0.05) is 35.8 Å². The Morgan fingerprint density at radius 2 is 1.75 bits per heavy atom. The van der Waals surface area contributed by atoms with Crippen LogP contribution in [0.3, 0.4) is 0 Å². The van der Waals surface area contributed by atoms with E-state index < -0.39 is 35.9 Å². The predicted octanol–water partition coefficient (Wildman–Crippen LogP) is 4.35. The molecule has 11 heteroatoms. The Morgan fingerprint density at radius 1 is 1.08 bits per heavy atom. The number of hydrogen-bond donors (Lipinski definition) is 1. The van der Waals surface area contributed by atoms with E-state index in [9.17, 15) is 27.6 Å². The standard InChI is InChI=1S/C25H21ClF3N3O4/c1-2-31-13-3-4-20(23(31)34)32-14-19(15-5-9-17(26)10-6-15)21(24(32)35)30-22(33)16-7-11-18(12-8-16)36-25(27,28)29/h3-13,19,21H,2,14H2,1H3,(H,30,33)/t19-,21-/m0/s1. The van der Waals surface area contributed by atoms with Gasteiger partial charge < -0.3 is 19.5 Å². The molecule has 0 unspecified atom stereocenters. The summed E-state index contributed by atoms with van der Waals surface area (Å²) in [5, 5.41) is 3.18. The molecule has 36 heavy (non-hydrogen) atoms. The molecule has 0 aliphatic carbocycles. The van der Waals surface area contributed by atoms with Gasteiger partial charge in [0.05, 0.1) is 0 Å². The lowest BCUT2D eigenvalue weighted by Crippen LogP contribution is -2.44. The molecule has 2 atom stereocenters. The molecule has 2 amide bonds. The molecule has 0 radical (unpaired) electrons. The minimum Gasteiger partial charge on any atom is -0.406 e. The molecule has 1 saturated heterocycles. The third kappa shape index (κ3) is 5.38. The van der Waals surface area contributed by atoms with Crippen molar-refractivity contribution >= 4 is 29.1 Å². The number of benzene rings is 2. The van der Waals surface area contributed by atoms with E-state index in [1.807, 2.05) is 6.92 Å². The van der Waals surface area contributed by atoms with E-state index in [-0.39, 0.29) is 23.4 Å². The zero-order chi connectivity index (χ0) is 26.0. The van der Waals surface area contributed by atoms with Crippen LogP contribution in [0.25, 0.3) is 0 Å². The number of amides is 2. The smallest absolute Gasteiger partial charge is 0.406 e. The Morgan fingerprint density at radius 3 is 2.36 bits per heavy atom. The van der Waals surface area contributed by atoms with E-state index >= 15 is 0 Å². The lowest BCUT2D eigenvalue weighted by molar-refractivity contribution is -0.274. The molecule has 1 N–H and O–H groups in total. The summed E-state index contributed by atoms with van der Waals surface area (Å²) >= 11 is 6.01. The van der Waals surface area contributed by atoms with Crippen molar-refractivity contribution in [3.8, 4) is 5.75 Å². The third-order valence-electron chi connectivity index (χ3n) is 5.88. The van der Waals surface area contributed by atoms with Crippen molar-refractivity contribution in [3.05, 3.63) is 93.4 Å². The first-order valence-corrected chi connectivity index (χ1v) is 11.4. The highest BCUT2D eigenvalue weighted by Gasteiger charge is 2.43. The number of pyridine rings is 1. The summed E-state index contributed by atoms with van der Waals surface area (Å²) in [5.74, 6) is -2.13. The first kappa shape index (κ1) is 25.3. The van der Waals surface area contributed by atoms with Gasteiger partial charge in [-0.05, 0) is 61.0 Å². The molecule has 188 valence electrons. The van der Waals surface area contributed by atoms with Crippen molar-refractivity contribution in [1.29, 1.82) is 0 Å². The van der Waals surface area contributed by atoms with Gasteiger partial charge in [0.15, 0.2) is 0 Å². The average molecular weight is 520 g/mol. The number of ether oxygens (including phenoxy) is 1. The molecular weight excluding hydrogens is 499 g/mol. The predicted molar refractivity (Wildman–Crippen MR) is 127 cm³/mol. The zero-order valence-corrected chi connectivity index (χ0v) is 19.7. The number of nitrogens with zero attached hydrogens (tertiary/aromatic N) is 2. The third-order valence-corrected chi connectivity index (χ3v) is 6.13. The highest BCUT2D eigenvalue weighted by molar-refractivity contribution is 6.30. The van der Waals surface area contributed by atoms with Gasteiger partial charge in [-0.15, -0.1) is 13.2 Å². The normalized spacial score (nSPS) is 17.8. The summed E-state index contributed by atoms with van der Waals surface area (Å²) in [6.45, 7) is 2.36. The first-order chi connectivity index (χ1) is 17.1. The molecule has 1 aromatic heterocycles. The minimum atomic E-state index is -4.86. The summed E-state index contributed by atoms with van der Waals surface area (Å²) in [6, 6.07) is 13.4. The Bertz CT molecular complexity index is 1320. The van der Waals surface area contributed by atoms with Crippen LogP contribution in [0.5, 0.6) is 5.75 Å². The number of rotatable bonds is 6. The molecule has 4 rings (SSSR count). The molecule has 7 nitrogen and oxygen atoms in total. The quantitative estimate of drug-likeness (QED) is 0.525. The van der Waals surface area contributed by atoms with E-state index in [0.717, 1.165) is 17.7 Å². The van der Waals surface area contributed by atoms with Gasteiger partial charge in [0.2, 0.25) is 5.91 Å². The maximum Gasteiger partial charge on any atom is 0.573 e. The van der Waals surface area contributed by atoms with Crippen LogP contribution in [0, 0.1) is 0 Å². The maximum absolute atomic E-state index is 13.5. The fourth-order valence-electron chi connectivity index (χ4n) is 4.13. The summed E-state index contributed by atoms with van der Waals surface area (Å²) < 4.78 is 42.6. The molecule has 1 aliphatic heterocycles. The fraction of sp³-hybridized carbons (Fsp3) is 0.240. The Balaban J connectivity index is 1.63. The first-order valence-electron chi connectivity index (χ1n) is 11.0. The van der Waals surface area contributed by atoms with E-state index in [0.29, 0.717) is 11.6 Å². The van der Waals surface area contributed by atoms with E-state index in [2.05, 4.69) is 10.1 Å². The minimum absolute atomic E-state index is 0.0404. The summed E-state index contributed by atoms with van der Waals surface area (Å²) in [4.78, 5) is 40.7. The number of carbonyl (C=O) groups excluding carboxylic acids is 2. The van der Waals surface area contributed by atoms with Gasteiger partial charge >= 0.3 is 6.36 Å². The van der Waals surface area contributed by atoms with Gasteiger partial charge in [-0.25, -0.2) is 0 Å². The Hall–Kier alpha value is -3.79. The lowest BCUT2D eigenvalue weighted by Gasteiger charge is -2.19. The molecule has 0 spiro atoms. The van der Waals surface area contributed by atoms with Crippen LogP contribution in [0.1, 0.15) is 28.8 Å². The SMILES string of the molecule is CCn1cccc(N2C[C@@H](c3ccc(Cl)cc3)[C@H](NC(=O)c3ccc(OC(F)(F)F)cc3)C2=O)c1=O. The van der Waals surface area contributed by atoms with Gasteiger partial charge in [0.1, 0.15) is 17.5 Å². The van der Waals surface area contributed by atoms with Crippen LogP contribution in [-0.4, -0.2) is 35.3 Å². The molecule has 1 aliphatic rings. The van der Waals surface area contributed by atoms with Gasteiger partial charge in [-0.1, -0.05) is 23.7 Å². The maximum atomic E-state index is 13.5. The highest BCUT2D eigenvalue weighted by atomic mass is 35.5. The van der Waals surface area contributed by atoms with Crippen molar-refractivity contribution in [2.24, 2.45) is 0 Å². The van der Waals surface area contributed by atoms with Crippen molar-refractivity contribution in [1.82, 2.24) is 9.88 Å². The lowest BCUT2D eigenvalue weighted by atomic mass is 9.94. The molecular formula is C25H21ClF3N3O4. The number of anilines is 1. The number of halogens is 4. The van der Waals surface area contributed by atoms with Crippen LogP contribution in [0.4, 0.5) is 18.9 Å². The Kier molecular flexibility index (Phi) is 7.07. The van der Waals surface area contributed by atoms with Crippen molar-refractivity contribution in [2.75, 3.05) is 11.4 Å². The number of aromatic nitrogens is 1. The van der Waals surface area contributed by atoms with Crippen molar-refractivity contribution in [3.63, 3.8) is 0 Å².